The number of amides is 2. The fourth-order valence-corrected chi connectivity index (χ4v) is 5.35. The summed E-state index contributed by atoms with van der Waals surface area (Å²) in [6.45, 7) is 0. The highest BCUT2D eigenvalue weighted by molar-refractivity contribution is 9.11. The Morgan fingerprint density at radius 3 is 2.72 bits per heavy atom. The van der Waals surface area contributed by atoms with Crippen molar-refractivity contribution < 1.29 is 9.59 Å². The van der Waals surface area contributed by atoms with Crippen molar-refractivity contribution in [1.82, 2.24) is 15.8 Å². The maximum Gasteiger partial charge on any atom is 0.279 e. The van der Waals surface area contributed by atoms with Crippen LogP contribution < -0.4 is 10.9 Å². The Labute approximate surface area is 165 Å². The van der Waals surface area contributed by atoms with Crippen molar-refractivity contribution in [1.29, 1.82) is 0 Å². The highest BCUT2D eigenvalue weighted by Crippen LogP contribution is 2.29. The van der Waals surface area contributed by atoms with E-state index in [1.165, 1.54) is 16.0 Å². The van der Waals surface area contributed by atoms with Crippen molar-refractivity contribution >= 4 is 72.4 Å². The number of hydrogen-bond acceptors (Lipinski definition) is 6. The van der Waals surface area contributed by atoms with Crippen molar-refractivity contribution in [3.05, 3.63) is 45.1 Å². The highest BCUT2D eigenvalue weighted by Gasteiger charge is 2.10. The Bertz CT molecular complexity index is 861. The first-order valence-corrected chi connectivity index (χ1v) is 10.9. The Balaban J connectivity index is 1.35. The minimum absolute atomic E-state index is 0.200. The third-order valence-corrected chi connectivity index (χ3v) is 7.05. The zero-order valence-corrected chi connectivity index (χ0v) is 17.0. The molecule has 0 spiro atoms. The van der Waals surface area contributed by atoms with Crippen LogP contribution >= 0.6 is 50.4 Å². The van der Waals surface area contributed by atoms with Gasteiger partial charge in [-0.2, -0.15) is 0 Å². The summed E-state index contributed by atoms with van der Waals surface area (Å²) in [5, 5.41) is 0. The average Bonchev–Trinajstić information content (AvgIpc) is 3.22. The van der Waals surface area contributed by atoms with Gasteiger partial charge in [-0.05, 0) is 46.6 Å². The number of thiophene rings is 1. The van der Waals surface area contributed by atoms with Gasteiger partial charge in [0.15, 0.2) is 4.34 Å². The monoisotopic (exact) mass is 455 g/mol. The number of aromatic nitrogens is 1. The molecule has 3 aromatic rings. The zero-order chi connectivity index (χ0) is 17.6. The number of hydrazine groups is 1. The fourth-order valence-electron chi connectivity index (χ4n) is 1.99. The van der Waals surface area contributed by atoms with Crippen molar-refractivity contribution in [3.63, 3.8) is 0 Å². The number of hydrogen-bond donors (Lipinski definition) is 2. The van der Waals surface area contributed by atoms with E-state index >= 15 is 0 Å². The van der Waals surface area contributed by atoms with Gasteiger partial charge in [-0.25, -0.2) is 4.98 Å². The third kappa shape index (κ3) is 5.27. The summed E-state index contributed by atoms with van der Waals surface area (Å²) in [6, 6.07) is 11.5. The van der Waals surface area contributed by atoms with Crippen LogP contribution in [-0.4, -0.2) is 22.6 Å². The Hall–Kier alpha value is -1.42. The number of thioether (sulfide) groups is 1. The lowest BCUT2D eigenvalue weighted by Crippen LogP contribution is -2.41. The number of halogens is 1. The molecule has 0 aliphatic heterocycles. The smallest absolute Gasteiger partial charge is 0.273 e. The van der Waals surface area contributed by atoms with Gasteiger partial charge in [0, 0.05) is 12.2 Å². The standard InChI is InChI=1S/C16H14BrN3O2S3/c17-13-8-7-12(24-13)15(22)20-19-14(21)6-3-9-23-16-18-10-4-1-2-5-11(10)25-16/h1-2,4-5,7-8H,3,6,9H2,(H,19,21)(H,20,22). The number of para-hydroxylation sites is 1. The van der Waals surface area contributed by atoms with Crippen molar-refractivity contribution in [2.75, 3.05) is 5.75 Å². The quantitative estimate of drug-likeness (QED) is 0.327. The number of nitrogens with one attached hydrogen (secondary N) is 2. The second-order valence-electron chi connectivity index (χ2n) is 5.01. The van der Waals surface area contributed by atoms with E-state index in [1.54, 1.807) is 35.2 Å². The lowest BCUT2D eigenvalue weighted by molar-refractivity contribution is -0.121. The molecule has 130 valence electrons. The molecular formula is C16H14BrN3O2S3. The van der Waals surface area contributed by atoms with Crippen LogP contribution in [0.25, 0.3) is 10.2 Å². The molecule has 0 aliphatic rings. The summed E-state index contributed by atoms with van der Waals surface area (Å²) in [6.07, 6.45) is 1.07. The molecule has 0 radical (unpaired) electrons. The van der Waals surface area contributed by atoms with Crippen molar-refractivity contribution in [2.45, 2.75) is 17.2 Å². The molecule has 0 saturated carbocycles. The maximum atomic E-state index is 11.8. The van der Waals surface area contributed by atoms with Gasteiger partial charge in [0.1, 0.15) is 0 Å². The largest absolute Gasteiger partial charge is 0.279 e. The van der Waals surface area contributed by atoms with Crippen LogP contribution in [0, 0.1) is 0 Å². The van der Waals surface area contributed by atoms with Gasteiger partial charge < -0.3 is 0 Å². The molecule has 25 heavy (non-hydrogen) atoms. The van der Waals surface area contributed by atoms with Crippen LogP contribution in [0.2, 0.25) is 0 Å². The van der Waals surface area contributed by atoms with Crippen LogP contribution in [0.1, 0.15) is 22.5 Å². The third-order valence-electron chi connectivity index (χ3n) is 3.16. The van der Waals surface area contributed by atoms with E-state index in [-0.39, 0.29) is 11.8 Å². The molecule has 9 heteroatoms. The first-order valence-electron chi connectivity index (χ1n) is 7.45. The van der Waals surface area contributed by atoms with Crippen LogP contribution in [0.4, 0.5) is 0 Å². The van der Waals surface area contributed by atoms with E-state index in [0.717, 1.165) is 19.4 Å². The van der Waals surface area contributed by atoms with E-state index in [9.17, 15) is 9.59 Å². The van der Waals surface area contributed by atoms with Gasteiger partial charge in [-0.3, -0.25) is 20.4 Å². The van der Waals surface area contributed by atoms with E-state index in [0.29, 0.717) is 17.7 Å². The molecule has 0 bridgehead atoms. The first-order chi connectivity index (χ1) is 12.1. The van der Waals surface area contributed by atoms with Gasteiger partial charge >= 0.3 is 0 Å². The normalized spacial score (nSPS) is 10.8. The lowest BCUT2D eigenvalue weighted by atomic mass is 10.3. The molecule has 0 atom stereocenters. The van der Waals surface area contributed by atoms with Gasteiger partial charge in [-0.1, -0.05) is 23.9 Å². The molecule has 3 rings (SSSR count). The number of rotatable bonds is 6. The van der Waals surface area contributed by atoms with Crippen molar-refractivity contribution in [3.8, 4) is 0 Å². The molecule has 0 aliphatic carbocycles. The number of carbonyl (C=O) groups is 2. The minimum Gasteiger partial charge on any atom is -0.273 e. The Morgan fingerprint density at radius 2 is 1.96 bits per heavy atom. The predicted molar refractivity (Wildman–Crippen MR) is 107 cm³/mol. The summed E-state index contributed by atoms with van der Waals surface area (Å²) >= 11 is 7.92. The highest BCUT2D eigenvalue weighted by atomic mass is 79.9. The number of thiazole rings is 1. The molecule has 2 aromatic heterocycles. The molecule has 5 nitrogen and oxygen atoms in total. The Morgan fingerprint density at radius 1 is 1.12 bits per heavy atom. The summed E-state index contributed by atoms with van der Waals surface area (Å²) in [7, 11) is 0. The molecule has 2 N–H and O–H groups in total. The molecule has 2 heterocycles. The van der Waals surface area contributed by atoms with Crippen LogP contribution in [-0.2, 0) is 4.79 Å². The van der Waals surface area contributed by atoms with Crippen LogP contribution in [0.3, 0.4) is 0 Å². The van der Waals surface area contributed by atoms with Crippen LogP contribution in [0.5, 0.6) is 0 Å². The fraction of sp³-hybridized carbons (Fsp3) is 0.188. The molecule has 0 saturated heterocycles. The number of fused-ring (bicyclic) bond motifs is 1. The van der Waals surface area contributed by atoms with Crippen LogP contribution in [0.15, 0.2) is 44.5 Å². The molecular weight excluding hydrogens is 442 g/mol. The summed E-state index contributed by atoms with van der Waals surface area (Å²) < 4.78 is 3.06. The van der Waals surface area contributed by atoms with Gasteiger partial charge in [-0.15, -0.1) is 22.7 Å². The summed E-state index contributed by atoms with van der Waals surface area (Å²) in [4.78, 5) is 28.7. The number of benzene rings is 1. The van der Waals surface area contributed by atoms with E-state index < -0.39 is 0 Å². The summed E-state index contributed by atoms with van der Waals surface area (Å²) in [5.41, 5.74) is 5.87. The van der Waals surface area contributed by atoms with Gasteiger partial charge in [0.2, 0.25) is 5.91 Å². The van der Waals surface area contributed by atoms with Crippen molar-refractivity contribution in [2.24, 2.45) is 0 Å². The second kappa shape index (κ2) is 8.79. The van der Waals surface area contributed by atoms with E-state index in [2.05, 4.69) is 37.8 Å². The lowest BCUT2D eigenvalue weighted by Gasteiger charge is -2.05. The summed E-state index contributed by atoms with van der Waals surface area (Å²) in [5.74, 6) is 0.292. The topological polar surface area (TPSA) is 71.1 Å². The number of carbonyl (C=O) groups excluding carboxylic acids is 2. The first kappa shape index (κ1) is 18.4. The molecule has 0 unspecified atom stereocenters. The van der Waals surface area contributed by atoms with E-state index in [4.69, 9.17) is 0 Å². The average molecular weight is 456 g/mol. The van der Waals surface area contributed by atoms with Gasteiger partial charge in [0.05, 0.1) is 18.9 Å². The molecule has 2 amide bonds. The minimum atomic E-state index is -0.312. The number of nitrogens with zero attached hydrogens (tertiary/aromatic N) is 1. The Kier molecular flexibility index (Phi) is 6.46. The molecule has 1 aromatic carbocycles. The van der Waals surface area contributed by atoms with Gasteiger partial charge in [0.25, 0.3) is 5.91 Å². The van der Waals surface area contributed by atoms with E-state index in [1.807, 2.05) is 18.2 Å². The predicted octanol–water partition coefficient (Wildman–Crippen LogP) is 4.45. The second-order valence-corrected chi connectivity index (χ2v) is 9.84. The SMILES string of the molecule is O=C(CCCSc1nc2ccccc2s1)NNC(=O)c1ccc(Br)s1. The maximum absolute atomic E-state index is 11.8. The molecule has 0 fully saturated rings. The zero-order valence-electron chi connectivity index (χ0n) is 13.0.